The van der Waals surface area contributed by atoms with Gasteiger partial charge in [0.15, 0.2) is 0 Å². The van der Waals surface area contributed by atoms with Crippen molar-refractivity contribution in [3.05, 3.63) is 23.2 Å². The van der Waals surface area contributed by atoms with E-state index in [2.05, 4.69) is 0 Å². The van der Waals surface area contributed by atoms with E-state index in [1.807, 2.05) is 30.0 Å². The Morgan fingerprint density at radius 1 is 1.42 bits per heavy atom. The van der Waals surface area contributed by atoms with Gasteiger partial charge >= 0.3 is 0 Å². The lowest BCUT2D eigenvalue weighted by Crippen LogP contribution is -1.88. The first-order valence-corrected chi connectivity index (χ1v) is 5.23. The highest BCUT2D eigenvalue weighted by molar-refractivity contribution is 8.00. The molecule has 0 spiro atoms. The van der Waals surface area contributed by atoms with Crippen molar-refractivity contribution in [2.24, 2.45) is 0 Å². The summed E-state index contributed by atoms with van der Waals surface area (Å²) in [6.45, 7) is 0. The molecule has 12 heavy (non-hydrogen) atoms. The van der Waals surface area contributed by atoms with E-state index < -0.39 is 0 Å². The van der Waals surface area contributed by atoms with E-state index in [9.17, 15) is 0 Å². The van der Waals surface area contributed by atoms with E-state index in [-0.39, 0.29) is 0 Å². The maximum atomic E-state index is 5.85. The molecule has 0 bridgehead atoms. The van der Waals surface area contributed by atoms with Gasteiger partial charge in [0.2, 0.25) is 0 Å². The summed E-state index contributed by atoms with van der Waals surface area (Å²) in [5, 5.41) is 1.55. The molecular weight excluding hydrogens is 190 g/mol. The van der Waals surface area contributed by atoms with Crippen LogP contribution in [0.15, 0.2) is 23.1 Å². The predicted octanol–water partition coefficient (Wildman–Crippen LogP) is 3.18. The molecule has 1 aliphatic carbocycles. The molecule has 0 heterocycles. The molecule has 1 aromatic carbocycles. The van der Waals surface area contributed by atoms with Crippen molar-refractivity contribution in [1.82, 2.24) is 0 Å². The average molecular weight is 200 g/mol. The van der Waals surface area contributed by atoms with Crippen LogP contribution in [-0.2, 0) is 0 Å². The molecule has 0 aromatic heterocycles. The molecule has 2 N–H and O–H groups in total. The van der Waals surface area contributed by atoms with Crippen molar-refractivity contribution in [1.29, 1.82) is 0 Å². The number of thioether (sulfide) groups is 1. The largest absolute Gasteiger partial charge is 0.398 e. The Labute approximate surface area is 81.3 Å². The van der Waals surface area contributed by atoms with Crippen molar-refractivity contribution in [2.45, 2.75) is 23.0 Å². The summed E-state index contributed by atoms with van der Waals surface area (Å²) in [4.78, 5) is 1.13. The zero-order chi connectivity index (χ0) is 8.55. The van der Waals surface area contributed by atoms with Crippen LogP contribution in [0.3, 0.4) is 0 Å². The minimum Gasteiger partial charge on any atom is -0.398 e. The minimum absolute atomic E-state index is 0.771. The van der Waals surface area contributed by atoms with Crippen LogP contribution in [0.2, 0.25) is 5.02 Å². The van der Waals surface area contributed by atoms with E-state index in [0.717, 1.165) is 20.9 Å². The first kappa shape index (κ1) is 8.27. The molecule has 0 saturated heterocycles. The third-order valence-corrected chi connectivity index (χ3v) is 3.44. The topological polar surface area (TPSA) is 26.0 Å². The predicted molar refractivity (Wildman–Crippen MR) is 54.7 cm³/mol. The van der Waals surface area contributed by atoms with E-state index in [4.69, 9.17) is 17.3 Å². The van der Waals surface area contributed by atoms with E-state index in [0.29, 0.717) is 0 Å². The van der Waals surface area contributed by atoms with Gasteiger partial charge in [-0.05, 0) is 31.0 Å². The molecule has 1 nitrogen and oxygen atoms in total. The zero-order valence-corrected chi connectivity index (χ0v) is 8.16. The van der Waals surface area contributed by atoms with Gasteiger partial charge in [-0.2, -0.15) is 0 Å². The number of rotatable bonds is 2. The highest BCUT2D eigenvalue weighted by Gasteiger charge is 2.23. The summed E-state index contributed by atoms with van der Waals surface area (Å²) in [6.07, 6.45) is 2.63. The lowest BCUT2D eigenvalue weighted by molar-refractivity contribution is 1.42. The van der Waals surface area contributed by atoms with Crippen molar-refractivity contribution in [2.75, 3.05) is 5.73 Å². The summed E-state index contributed by atoms with van der Waals surface area (Å²) < 4.78 is 0. The van der Waals surface area contributed by atoms with Gasteiger partial charge in [0, 0.05) is 20.9 Å². The molecule has 0 unspecified atom stereocenters. The standard InChI is InChI=1S/C9H10ClNS/c10-6-1-4-8(11)9(5-6)12-7-2-3-7/h1,4-5,7H,2-3,11H2. The molecule has 0 radical (unpaired) electrons. The van der Waals surface area contributed by atoms with Crippen molar-refractivity contribution >= 4 is 29.1 Å². The van der Waals surface area contributed by atoms with Crippen LogP contribution in [0.4, 0.5) is 5.69 Å². The van der Waals surface area contributed by atoms with Crippen LogP contribution in [0.1, 0.15) is 12.8 Å². The van der Waals surface area contributed by atoms with Gasteiger partial charge < -0.3 is 5.73 Å². The first-order valence-electron chi connectivity index (χ1n) is 3.97. The fraction of sp³-hybridized carbons (Fsp3) is 0.333. The Hall–Kier alpha value is -0.340. The van der Waals surface area contributed by atoms with Gasteiger partial charge in [-0.1, -0.05) is 11.6 Å². The highest BCUT2D eigenvalue weighted by Crippen LogP contribution is 2.41. The zero-order valence-electron chi connectivity index (χ0n) is 6.59. The number of halogens is 1. The van der Waals surface area contributed by atoms with Crippen molar-refractivity contribution < 1.29 is 0 Å². The van der Waals surface area contributed by atoms with Gasteiger partial charge in [0.25, 0.3) is 0 Å². The molecule has 2 rings (SSSR count). The van der Waals surface area contributed by atoms with E-state index >= 15 is 0 Å². The van der Waals surface area contributed by atoms with Gasteiger partial charge in [0.1, 0.15) is 0 Å². The summed E-state index contributed by atoms with van der Waals surface area (Å²) in [6, 6.07) is 5.64. The quantitative estimate of drug-likeness (QED) is 0.741. The summed E-state index contributed by atoms with van der Waals surface area (Å²) >= 11 is 7.69. The SMILES string of the molecule is Nc1ccc(Cl)cc1SC1CC1. The smallest absolute Gasteiger partial charge is 0.0453 e. The second kappa shape index (κ2) is 3.19. The van der Waals surface area contributed by atoms with Crippen LogP contribution >= 0.6 is 23.4 Å². The molecule has 1 saturated carbocycles. The van der Waals surface area contributed by atoms with Crippen LogP contribution in [-0.4, -0.2) is 5.25 Å². The Bertz CT molecular complexity index is 297. The second-order valence-corrected chi connectivity index (χ2v) is 4.78. The molecule has 64 valence electrons. The summed E-state index contributed by atoms with van der Waals surface area (Å²) in [7, 11) is 0. The van der Waals surface area contributed by atoms with Gasteiger partial charge in [-0.25, -0.2) is 0 Å². The summed E-state index contributed by atoms with van der Waals surface area (Å²) in [5.74, 6) is 0. The fourth-order valence-electron chi connectivity index (χ4n) is 0.976. The molecule has 1 aliphatic rings. The fourth-order valence-corrected chi connectivity index (χ4v) is 2.34. The Morgan fingerprint density at radius 2 is 2.17 bits per heavy atom. The molecular formula is C9H10ClNS. The molecule has 0 atom stereocenters. The first-order chi connectivity index (χ1) is 5.75. The Morgan fingerprint density at radius 3 is 2.83 bits per heavy atom. The Balaban J connectivity index is 2.21. The Kier molecular flexibility index (Phi) is 2.20. The van der Waals surface area contributed by atoms with Crippen molar-refractivity contribution in [3.8, 4) is 0 Å². The number of nitrogens with two attached hydrogens (primary N) is 1. The van der Waals surface area contributed by atoms with Crippen LogP contribution < -0.4 is 5.73 Å². The number of nitrogen functional groups attached to an aromatic ring is 1. The maximum absolute atomic E-state index is 5.85. The van der Waals surface area contributed by atoms with E-state index in [1.54, 1.807) is 0 Å². The van der Waals surface area contributed by atoms with Gasteiger partial charge in [-0.15, -0.1) is 11.8 Å². The maximum Gasteiger partial charge on any atom is 0.0453 e. The highest BCUT2D eigenvalue weighted by atomic mass is 35.5. The molecule has 0 aliphatic heterocycles. The van der Waals surface area contributed by atoms with Crippen LogP contribution in [0.25, 0.3) is 0 Å². The monoisotopic (exact) mass is 199 g/mol. The van der Waals surface area contributed by atoms with Crippen molar-refractivity contribution in [3.63, 3.8) is 0 Å². The number of hydrogen-bond donors (Lipinski definition) is 1. The minimum atomic E-state index is 0.771. The summed E-state index contributed by atoms with van der Waals surface area (Å²) in [5.41, 5.74) is 6.63. The van der Waals surface area contributed by atoms with Gasteiger partial charge in [-0.3, -0.25) is 0 Å². The molecule has 1 aromatic rings. The average Bonchev–Trinajstić information content (AvgIpc) is 2.81. The molecule has 1 fully saturated rings. The lowest BCUT2D eigenvalue weighted by atomic mass is 10.3. The second-order valence-electron chi connectivity index (χ2n) is 3.00. The van der Waals surface area contributed by atoms with Crippen LogP contribution in [0.5, 0.6) is 0 Å². The number of anilines is 1. The normalized spacial score (nSPS) is 16.4. The number of benzene rings is 1. The van der Waals surface area contributed by atoms with Crippen LogP contribution in [0, 0.1) is 0 Å². The lowest BCUT2D eigenvalue weighted by Gasteiger charge is -2.03. The number of hydrogen-bond acceptors (Lipinski definition) is 2. The third kappa shape index (κ3) is 1.87. The van der Waals surface area contributed by atoms with E-state index in [1.165, 1.54) is 12.8 Å². The van der Waals surface area contributed by atoms with Gasteiger partial charge in [0.05, 0.1) is 0 Å². The molecule has 3 heteroatoms. The molecule has 0 amide bonds. The third-order valence-electron chi connectivity index (χ3n) is 1.79.